The van der Waals surface area contributed by atoms with E-state index in [1.54, 1.807) is 6.07 Å². The number of fused-ring (bicyclic) bond motifs is 1. The minimum Gasteiger partial charge on any atom is -0.489 e. The van der Waals surface area contributed by atoms with Gasteiger partial charge in [0.05, 0.1) is 17.3 Å². The van der Waals surface area contributed by atoms with Crippen molar-refractivity contribution in [1.29, 1.82) is 0 Å². The fourth-order valence-electron chi connectivity index (χ4n) is 6.37. The first kappa shape index (κ1) is 25.2. The lowest BCUT2D eigenvalue weighted by molar-refractivity contribution is -0.130. The molecule has 0 aromatic heterocycles. The Morgan fingerprint density at radius 1 is 1.03 bits per heavy atom. The van der Waals surface area contributed by atoms with Gasteiger partial charge < -0.3 is 20.7 Å². The molecule has 0 bridgehead atoms. The van der Waals surface area contributed by atoms with Crippen molar-refractivity contribution in [3.63, 3.8) is 0 Å². The van der Waals surface area contributed by atoms with Crippen molar-refractivity contribution >= 4 is 28.9 Å². The maximum atomic E-state index is 14.2. The molecule has 194 valence electrons. The summed E-state index contributed by atoms with van der Waals surface area (Å²) in [6.07, 6.45) is 11.0. The van der Waals surface area contributed by atoms with Gasteiger partial charge in [-0.2, -0.15) is 0 Å². The topological polar surface area (TPSA) is 62.4 Å². The molecule has 2 unspecified atom stereocenters. The second kappa shape index (κ2) is 10.9. The van der Waals surface area contributed by atoms with Gasteiger partial charge in [0.1, 0.15) is 18.2 Å². The zero-order valence-corrected chi connectivity index (χ0v) is 21.8. The van der Waals surface area contributed by atoms with Gasteiger partial charge in [-0.25, -0.2) is 4.39 Å². The first-order valence-electron chi connectivity index (χ1n) is 13.5. The maximum absolute atomic E-state index is 14.2. The highest BCUT2D eigenvalue weighted by Gasteiger charge is 2.51. The molecule has 3 N–H and O–H groups in total. The molecule has 1 amide bonds. The summed E-state index contributed by atoms with van der Waals surface area (Å²) in [5.41, 5.74) is 1.49. The summed E-state index contributed by atoms with van der Waals surface area (Å²) in [6.45, 7) is 2.17. The van der Waals surface area contributed by atoms with Crippen LogP contribution < -0.4 is 20.7 Å². The predicted molar refractivity (Wildman–Crippen MR) is 143 cm³/mol. The Kier molecular flexibility index (Phi) is 7.61. The molecular weight excluding hydrogens is 477 g/mol. The van der Waals surface area contributed by atoms with E-state index in [0.717, 1.165) is 68.4 Å². The summed E-state index contributed by atoms with van der Waals surface area (Å²) >= 11 is 6.17. The SMILES string of the molecule is Cc1cc(Cl)ccc1OCC1(C(C(=O)NC2CCCC2)C2CCCCCC2)Nc2ccc(F)cc2N1. The lowest BCUT2D eigenvalue weighted by Gasteiger charge is -2.42. The Morgan fingerprint density at radius 3 is 2.44 bits per heavy atom. The Hall–Kier alpha value is -2.47. The lowest BCUT2D eigenvalue weighted by Crippen LogP contribution is -2.61. The Morgan fingerprint density at radius 2 is 1.72 bits per heavy atom. The van der Waals surface area contributed by atoms with Gasteiger partial charge in [0.25, 0.3) is 0 Å². The number of ether oxygens (including phenoxy) is 1. The van der Waals surface area contributed by atoms with E-state index in [-0.39, 0.29) is 36.2 Å². The molecule has 2 saturated carbocycles. The van der Waals surface area contributed by atoms with Crippen LogP contribution in [-0.2, 0) is 4.79 Å². The van der Waals surface area contributed by atoms with Crippen molar-refractivity contribution < 1.29 is 13.9 Å². The highest BCUT2D eigenvalue weighted by atomic mass is 35.5. The van der Waals surface area contributed by atoms with Gasteiger partial charge in [0, 0.05) is 11.1 Å². The number of nitrogens with one attached hydrogen (secondary N) is 3. The molecule has 2 aromatic rings. The molecule has 0 spiro atoms. The van der Waals surface area contributed by atoms with Crippen LogP contribution in [0.5, 0.6) is 5.75 Å². The van der Waals surface area contributed by atoms with Crippen LogP contribution in [0.25, 0.3) is 0 Å². The summed E-state index contributed by atoms with van der Waals surface area (Å²) in [4.78, 5) is 14.1. The quantitative estimate of drug-likeness (QED) is 0.347. The fraction of sp³-hybridized carbons (Fsp3) is 0.552. The second-order valence-corrected chi connectivity index (χ2v) is 11.3. The molecule has 1 heterocycles. The highest BCUT2D eigenvalue weighted by Crippen LogP contribution is 2.44. The van der Waals surface area contributed by atoms with E-state index in [4.69, 9.17) is 16.3 Å². The minimum absolute atomic E-state index is 0.0681. The number of anilines is 2. The van der Waals surface area contributed by atoms with Crippen LogP contribution in [0, 0.1) is 24.6 Å². The Balaban J connectivity index is 1.50. The van der Waals surface area contributed by atoms with E-state index < -0.39 is 5.66 Å². The van der Waals surface area contributed by atoms with Crippen LogP contribution in [-0.4, -0.2) is 24.2 Å². The molecule has 1 aliphatic heterocycles. The molecule has 7 heteroatoms. The first-order valence-corrected chi connectivity index (χ1v) is 13.9. The monoisotopic (exact) mass is 513 g/mol. The van der Waals surface area contributed by atoms with Crippen molar-refractivity contribution in [1.82, 2.24) is 5.32 Å². The molecule has 2 atom stereocenters. The maximum Gasteiger partial charge on any atom is 0.228 e. The number of hydrogen-bond acceptors (Lipinski definition) is 4. The zero-order valence-electron chi connectivity index (χ0n) is 21.0. The predicted octanol–water partition coefficient (Wildman–Crippen LogP) is 7.05. The summed E-state index contributed by atoms with van der Waals surface area (Å²) in [7, 11) is 0. The molecule has 2 fully saturated rings. The van der Waals surface area contributed by atoms with Crippen LogP contribution in [0.3, 0.4) is 0 Å². The molecular formula is C29H37ClFN3O2. The highest BCUT2D eigenvalue weighted by molar-refractivity contribution is 6.30. The Bertz CT molecular complexity index is 1080. The zero-order chi connectivity index (χ0) is 25.1. The molecule has 0 saturated heterocycles. The van der Waals surface area contributed by atoms with E-state index >= 15 is 0 Å². The number of halogens is 2. The molecule has 36 heavy (non-hydrogen) atoms. The molecule has 2 aliphatic carbocycles. The molecule has 3 aliphatic rings. The van der Waals surface area contributed by atoms with Crippen LogP contribution >= 0.6 is 11.6 Å². The van der Waals surface area contributed by atoms with Gasteiger partial charge >= 0.3 is 0 Å². The van der Waals surface area contributed by atoms with Crippen molar-refractivity contribution in [2.24, 2.45) is 11.8 Å². The molecule has 5 nitrogen and oxygen atoms in total. The van der Waals surface area contributed by atoms with E-state index in [2.05, 4.69) is 16.0 Å². The van der Waals surface area contributed by atoms with Crippen LogP contribution in [0.2, 0.25) is 5.02 Å². The number of rotatable bonds is 7. The van der Waals surface area contributed by atoms with E-state index in [1.165, 1.54) is 25.0 Å². The number of aryl methyl sites for hydroxylation is 1. The number of carbonyl (C=O) groups excluding carboxylic acids is 1. The standard InChI is InChI=1S/C29H37ClFN3O2/c1-19-16-21(30)12-15-26(19)36-18-29(33-24-14-13-22(31)17-25(24)34-29)27(20-8-4-2-3-5-9-20)28(35)32-23-10-6-7-11-23/h12-17,20,23,27,33-34H,2-11,18H2,1H3,(H,32,35). The van der Waals surface area contributed by atoms with Crippen LogP contribution in [0.4, 0.5) is 15.8 Å². The third kappa shape index (κ3) is 5.44. The van der Waals surface area contributed by atoms with Crippen molar-refractivity contribution in [3.05, 3.63) is 52.8 Å². The molecule has 2 aromatic carbocycles. The van der Waals surface area contributed by atoms with Gasteiger partial charge in [-0.1, -0.05) is 50.1 Å². The average Bonchev–Trinajstić information content (AvgIpc) is 3.39. The summed E-state index contributed by atoms with van der Waals surface area (Å²) in [6, 6.07) is 10.5. The van der Waals surface area contributed by atoms with Crippen LogP contribution in [0.1, 0.15) is 69.8 Å². The smallest absolute Gasteiger partial charge is 0.228 e. The van der Waals surface area contributed by atoms with Gasteiger partial charge in [-0.3, -0.25) is 4.79 Å². The molecule has 0 radical (unpaired) electrons. The summed E-state index contributed by atoms with van der Waals surface area (Å²) in [5, 5.41) is 11.2. The number of amides is 1. The largest absolute Gasteiger partial charge is 0.489 e. The van der Waals surface area contributed by atoms with Gasteiger partial charge in [-0.05, 0) is 80.5 Å². The van der Waals surface area contributed by atoms with Gasteiger partial charge in [0.15, 0.2) is 5.66 Å². The first-order chi connectivity index (χ1) is 17.4. The van der Waals surface area contributed by atoms with Gasteiger partial charge in [-0.15, -0.1) is 0 Å². The van der Waals surface area contributed by atoms with E-state index in [9.17, 15) is 9.18 Å². The third-order valence-electron chi connectivity index (χ3n) is 8.18. The normalized spacial score (nSPS) is 23.3. The van der Waals surface area contributed by atoms with Crippen LogP contribution in [0.15, 0.2) is 36.4 Å². The summed E-state index contributed by atoms with van der Waals surface area (Å²) in [5.74, 6) is 0.302. The Labute approximate surface area is 218 Å². The number of hydrogen-bond donors (Lipinski definition) is 3. The van der Waals surface area contributed by atoms with Crippen molar-refractivity contribution in [2.45, 2.75) is 82.8 Å². The van der Waals surface area contributed by atoms with Crippen molar-refractivity contribution in [2.75, 3.05) is 17.2 Å². The number of benzene rings is 2. The summed E-state index contributed by atoms with van der Waals surface area (Å²) < 4.78 is 20.6. The minimum atomic E-state index is -0.903. The average molecular weight is 514 g/mol. The lowest BCUT2D eigenvalue weighted by atomic mass is 9.76. The van der Waals surface area contributed by atoms with Crippen molar-refractivity contribution in [3.8, 4) is 5.75 Å². The van der Waals surface area contributed by atoms with E-state index in [1.807, 2.05) is 25.1 Å². The van der Waals surface area contributed by atoms with E-state index in [0.29, 0.717) is 10.7 Å². The number of carbonyl (C=O) groups is 1. The molecule has 5 rings (SSSR count). The third-order valence-corrected chi connectivity index (χ3v) is 8.41. The van der Waals surface area contributed by atoms with Gasteiger partial charge in [0.2, 0.25) is 5.91 Å². The second-order valence-electron chi connectivity index (χ2n) is 10.8. The fourth-order valence-corrected chi connectivity index (χ4v) is 6.60.